The first-order valence-electron chi connectivity index (χ1n) is 7.75. The summed E-state index contributed by atoms with van der Waals surface area (Å²) in [6.07, 6.45) is 11.5. The fraction of sp³-hybridized carbons (Fsp3) is 0.875. The van der Waals surface area contributed by atoms with Crippen LogP contribution in [0.25, 0.3) is 0 Å². The van der Waals surface area contributed by atoms with Gasteiger partial charge in [0.25, 0.3) is 0 Å². The average molecular weight is 350 g/mol. The summed E-state index contributed by atoms with van der Waals surface area (Å²) < 4.78 is 6.48. The average Bonchev–Trinajstić information content (AvgIpc) is 2.85. The second-order valence-electron chi connectivity index (χ2n) is 7.23. The summed E-state index contributed by atoms with van der Waals surface area (Å²) in [5, 5.41) is 2.23. The second-order valence-corrected chi connectivity index (χ2v) is 14.9. The summed E-state index contributed by atoms with van der Waals surface area (Å²) >= 11 is -2.20. The van der Waals surface area contributed by atoms with Crippen LogP contribution in [0.5, 0.6) is 0 Å². The quantitative estimate of drug-likeness (QED) is 0.497. The van der Waals surface area contributed by atoms with Gasteiger partial charge < -0.3 is 0 Å². The predicted molar refractivity (Wildman–Crippen MR) is 83.7 cm³/mol. The van der Waals surface area contributed by atoms with Crippen LogP contribution in [0.15, 0.2) is 12.2 Å². The Morgan fingerprint density at radius 2 is 2.16 bits per heavy atom. The van der Waals surface area contributed by atoms with Crippen molar-refractivity contribution >= 4 is 22.4 Å². The number of allylic oxidation sites excluding steroid dienone is 2. The maximum absolute atomic E-state index is 6.95. The van der Waals surface area contributed by atoms with Crippen LogP contribution in [0.1, 0.15) is 52.9 Å². The molecule has 1 nitrogen and oxygen atoms in total. The van der Waals surface area contributed by atoms with Crippen molar-refractivity contribution in [3.05, 3.63) is 12.2 Å². The SMILES string of the molecule is CCC/C=C/C[Se]1(Cl)C[C@]23CC[C@H](C[C@H]2O1)C3(C)C. The Labute approximate surface area is 124 Å². The van der Waals surface area contributed by atoms with Crippen LogP contribution in [0.2, 0.25) is 10.6 Å². The Morgan fingerprint density at radius 3 is 2.79 bits per heavy atom. The van der Waals surface area contributed by atoms with Crippen LogP contribution in [-0.2, 0) is 3.82 Å². The van der Waals surface area contributed by atoms with Crippen LogP contribution >= 0.6 is 10.1 Å². The van der Waals surface area contributed by atoms with Crippen molar-refractivity contribution in [3.63, 3.8) is 0 Å². The molecule has 1 spiro atoms. The van der Waals surface area contributed by atoms with E-state index in [4.69, 9.17) is 13.9 Å². The minimum absolute atomic E-state index is 0.429. The number of fused-ring (bicyclic) bond motifs is 1. The summed E-state index contributed by atoms with van der Waals surface area (Å²) in [5.74, 6) is 0.881. The fourth-order valence-electron chi connectivity index (χ4n) is 4.70. The molecule has 0 radical (unpaired) electrons. The summed E-state index contributed by atoms with van der Waals surface area (Å²) in [4.78, 5) is 0. The van der Waals surface area contributed by atoms with Crippen LogP contribution in [0.3, 0.4) is 0 Å². The zero-order valence-electron chi connectivity index (χ0n) is 12.5. The predicted octanol–water partition coefficient (Wildman–Crippen LogP) is 5.25. The molecule has 1 saturated heterocycles. The molecule has 19 heavy (non-hydrogen) atoms. The van der Waals surface area contributed by atoms with Gasteiger partial charge in [0.1, 0.15) is 0 Å². The first kappa shape index (κ1) is 14.4. The van der Waals surface area contributed by atoms with Crippen LogP contribution in [0, 0.1) is 16.7 Å². The summed E-state index contributed by atoms with van der Waals surface area (Å²) in [6.45, 7) is 7.16. The van der Waals surface area contributed by atoms with Crippen molar-refractivity contribution in [3.8, 4) is 0 Å². The van der Waals surface area contributed by atoms with Crippen molar-refractivity contribution < 1.29 is 3.82 Å². The molecule has 2 bridgehead atoms. The van der Waals surface area contributed by atoms with E-state index in [-0.39, 0.29) is 0 Å². The van der Waals surface area contributed by atoms with Crippen LogP contribution in [0.4, 0.5) is 0 Å². The van der Waals surface area contributed by atoms with E-state index >= 15 is 0 Å². The van der Waals surface area contributed by atoms with Gasteiger partial charge in [0.15, 0.2) is 0 Å². The number of hydrogen-bond acceptors (Lipinski definition) is 1. The van der Waals surface area contributed by atoms with Gasteiger partial charge in [-0.1, -0.05) is 0 Å². The molecule has 3 aliphatic rings. The van der Waals surface area contributed by atoms with Gasteiger partial charge in [-0.15, -0.1) is 0 Å². The van der Waals surface area contributed by atoms with E-state index < -0.39 is 12.3 Å². The molecule has 0 aromatic heterocycles. The summed E-state index contributed by atoms with van der Waals surface area (Å²) in [7, 11) is 6.95. The van der Waals surface area contributed by atoms with Gasteiger partial charge in [-0.3, -0.25) is 0 Å². The van der Waals surface area contributed by atoms with E-state index in [0.717, 1.165) is 11.2 Å². The van der Waals surface area contributed by atoms with Gasteiger partial charge >= 0.3 is 125 Å². The zero-order valence-corrected chi connectivity index (χ0v) is 14.9. The third-order valence-corrected chi connectivity index (χ3v) is 12.3. The van der Waals surface area contributed by atoms with E-state index in [1.54, 1.807) is 0 Å². The first-order chi connectivity index (χ1) is 8.94. The molecule has 0 amide bonds. The number of hydrogen-bond donors (Lipinski definition) is 0. The third kappa shape index (κ3) is 2.06. The maximum atomic E-state index is 6.95. The van der Waals surface area contributed by atoms with E-state index in [1.165, 1.54) is 37.4 Å². The Morgan fingerprint density at radius 1 is 1.37 bits per heavy atom. The molecular weight excluding hydrogens is 323 g/mol. The number of rotatable bonds is 4. The van der Waals surface area contributed by atoms with Gasteiger partial charge in [-0.25, -0.2) is 0 Å². The molecule has 1 unspecified atom stereocenters. The zero-order chi connectivity index (χ0) is 13.7. The van der Waals surface area contributed by atoms with E-state index in [2.05, 4.69) is 32.9 Å². The molecular formula is C16H27ClOSe. The van der Waals surface area contributed by atoms with Gasteiger partial charge in [0.05, 0.1) is 0 Å². The molecule has 1 heterocycles. The van der Waals surface area contributed by atoms with Gasteiger partial charge in [0.2, 0.25) is 0 Å². The molecule has 1 aliphatic heterocycles. The van der Waals surface area contributed by atoms with Crippen molar-refractivity contribution in [2.75, 3.05) is 0 Å². The molecule has 0 aromatic carbocycles. The molecule has 2 aliphatic carbocycles. The molecule has 0 N–H and O–H groups in total. The number of halogens is 1. The van der Waals surface area contributed by atoms with Crippen molar-refractivity contribution in [2.24, 2.45) is 16.7 Å². The third-order valence-electron chi connectivity index (χ3n) is 6.09. The topological polar surface area (TPSA) is 9.23 Å². The molecule has 3 fully saturated rings. The van der Waals surface area contributed by atoms with Crippen molar-refractivity contribution in [2.45, 2.75) is 69.6 Å². The van der Waals surface area contributed by atoms with Gasteiger partial charge in [0, 0.05) is 0 Å². The van der Waals surface area contributed by atoms with Gasteiger partial charge in [-0.05, 0) is 0 Å². The molecule has 3 heteroatoms. The van der Waals surface area contributed by atoms with Gasteiger partial charge in [-0.2, -0.15) is 0 Å². The Balaban J connectivity index is 1.73. The standard InChI is InChI=1S/C16H27ClOSe/c1-4-5-6-7-10-19(17)12-16-9-8-13(15(16,2)3)11-14(16)18-19/h6-7,13-14H,4-5,8-12H2,1-3H3/b7-6+/t13-,14-,16-/m1/s1. The van der Waals surface area contributed by atoms with Crippen LogP contribution in [-0.4, -0.2) is 18.4 Å². The monoisotopic (exact) mass is 350 g/mol. The van der Waals surface area contributed by atoms with E-state index in [0.29, 0.717) is 16.9 Å². The molecule has 110 valence electrons. The molecule has 3 rings (SSSR count). The molecule has 2 saturated carbocycles. The normalized spacial score (nSPS) is 50.5. The first-order valence-corrected chi connectivity index (χ1v) is 13.1. The summed E-state index contributed by atoms with van der Waals surface area (Å²) in [6, 6.07) is 0. The Hall–Kier alpha value is 0.509. The Kier molecular flexibility index (Phi) is 3.62. The minimum atomic E-state index is -2.20. The fourth-order valence-corrected chi connectivity index (χ4v) is 12.5. The second kappa shape index (κ2) is 4.77. The number of unbranched alkanes of at least 4 members (excludes halogenated alkanes) is 1. The van der Waals surface area contributed by atoms with Crippen LogP contribution < -0.4 is 0 Å². The molecule has 0 aromatic rings. The van der Waals surface area contributed by atoms with E-state index in [1.807, 2.05) is 0 Å². The molecule has 4 atom stereocenters. The van der Waals surface area contributed by atoms with Crippen molar-refractivity contribution in [1.82, 2.24) is 0 Å². The summed E-state index contributed by atoms with van der Waals surface area (Å²) in [5.41, 5.74) is 0.886. The van der Waals surface area contributed by atoms with Crippen molar-refractivity contribution in [1.29, 1.82) is 0 Å². The Bertz CT molecular complexity index is 394. The van der Waals surface area contributed by atoms with E-state index in [9.17, 15) is 0 Å².